The predicted octanol–water partition coefficient (Wildman–Crippen LogP) is 4.92. The van der Waals surface area contributed by atoms with Gasteiger partial charge in [-0.3, -0.25) is 0 Å². The molecule has 1 aromatic heterocycles. The van der Waals surface area contributed by atoms with Crippen molar-refractivity contribution in [1.82, 2.24) is 9.47 Å². The van der Waals surface area contributed by atoms with E-state index in [4.69, 9.17) is 17.0 Å². The molecule has 2 heterocycles. The molecular weight excluding hydrogens is 366 g/mol. The largest absolute Gasteiger partial charge is 0.497 e. The summed E-state index contributed by atoms with van der Waals surface area (Å²) in [6, 6.07) is 19.1. The molecule has 0 saturated carbocycles. The highest BCUT2D eigenvalue weighted by atomic mass is 32.1. The van der Waals surface area contributed by atoms with Crippen LogP contribution in [0.3, 0.4) is 0 Å². The Morgan fingerprint density at radius 2 is 1.75 bits per heavy atom. The Bertz CT molecular complexity index is 973. The van der Waals surface area contributed by atoms with Gasteiger partial charge < -0.3 is 19.5 Å². The van der Waals surface area contributed by atoms with Gasteiger partial charge in [0.2, 0.25) is 0 Å². The summed E-state index contributed by atoms with van der Waals surface area (Å²) >= 11 is 5.85. The molecule has 2 aromatic carbocycles. The third-order valence-corrected chi connectivity index (χ3v) is 5.54. The maximum atomic E-state index is 5.85. The highest BCUT2D eigenvalue weighted by molar-refractivity contribution is 7.80. The van der Waals surface area contributed by atoms with Crippen LogP contribution in [0.25, 0.3) is 0 Å². The number of hydrogen-bond donors (Lipinski definition) is 1. The Labute approximate surface area is 171 Å². The second-order valence-electron chi connectivity index (χ2n) is 7.30. The lowest BCUT2D eigenvalue weighted by atomic mass is 10.00. The molecule has 0 spiro atoms. The van der Waals surface area contributed by atoms with Crippen LogP contribution in [-0.2, 0) is 6.54 Å². The van der Waals surface area contributed by atoms with Crippen LogP contribution in [-0.4, -0.2) is 28.2 Å². The van der Waals surface area contributed by atoms with Gasteiger partial charge in [0.15, 0.2) is 5.11 Å². The first-order valence-electron chi connectivity index (χ1n) is 9.50. The lowest BCUT2D eigenvalue weighted by Crippen LogP contribution is -2.44. The molecular formula is C23H25N3OS. The van der Waals surface area contributed by atoms with Gasteiger partial charge in [-0.2, -0.15) is 0 Å². The molecule has 28 heavy (non-hydrogen) atoms. The summed E-state index contributed by atoms with van der Waals surface area (Å²) in [6.07, 6.45) is 2.14. The summed E-state index contributed by atoms with van der Waals surface area (Å²) in [5.41, 5.74) is 5.94. The summed E-state index contributed by atoms with van der Waals surface area (Å²) in [7, 11) is 1.69. The topological polar surface area (TPSA) is 29.4 Å². The van der Waals surface area contributed by atoms with Crippen LogP contribution < -0.4 is 10.1 Å². The van der Waals surface area contributed by atoms with E-state index >= 15 is 0 Å². The van der Waals surface area contributed by atoms with Crippen molar-refractivity contribution < 1.29 is 4.74 Å². The van der Waals surface area contributed by atoms with Gasteiger partial charge in [-0.1, -0.05) is 18.2 Å². The van der Waals surface area contributed by atoms with Gasteiger partial charge in [0.25, 0.3) is 0 Å². The fourth-order valence-corrected chi connectivity index (χ4v) is 4.30. The van der Waals surface area contributed by atoms with Crippen LogP contribution in [0.1, 0.15) is 28.4 Å². The first-order valence-corrected chi connectivity index (χ1v) is 9.91. The molecule has 4 rings (SSSR count). The predicted molar refractivity (Wildman–Crippen MR) is 118 cm³/mol. The number of anilines is 1. The molecule has 0 amide bonds. The Morgan fingerprint density at radius 1 is 1.04 bits per heavy atom. The van der Waals surface area contributed by atoms with Crippen molar-refractivity contribution in [3.63, 3.8) is 0 Å². The molecule has 1 N–H and O–H groups in total. The van der Waals surface area contributed by atoms with Crippen molar-refractivity contribution in [3.8, 4) is 5.75 Å². The molecule has 0 fully saturated rings. The minimum absolute atomic E-state index is 0.0700. The van der Waals surface area contributed by atoms with Gasteiger partial charge in [0, 0.05) is 30.7 Å². The van der Waals surface area contributed by atoms with E-state index in [-0.39, 0.29) is 6.04 Å². The standard InChI is InChI=1S/C23H25N3OS/c1-16-13-17(2)15-19(14-16)24-23(28)26-12-11-25-10-4-5-21(25)22(26)18-6-8-20(27-3)9-7-18/h4-10,13-15,22H,11-12H2,1-3H3,(H,24,28). The summed E-state index contributed by atoms with van der Waals surface area (Å²) < 4.78 is 7.64. The Kier molecular flexibility index (Phi) is 5.09. The van der Waals surface area contributed by atoms with E-state index in [1.807, 2.05) is 12.1 Å². The summed E-state index contributed by atoms with van der Waals surface area (Å²) in [5, 5.41) is 4.21. The van der Waals surface area contributed by atoms with Crippen LogP contribution in [0.5, 0.6) is 5.75 Å². The molecule has 0 bridgehead atoms. The average molecular weight is 392 g/mol. The number of thiocarbonyl (C=S) groups is 1. The second kappa shape index (κ2) is 7.68. The van der Waals surface area contributed by atoms with Crippen LogP contribution in [0.2, 0.25) is 0 Å². The molecule has 1 atom stereocenters. The maximum Gasteiger partial charge on any atom is 0.174 e. The van der Waals surface area contributed by atoms with Crippen LogP contribution in [0.15, 0.2) is 60.8 Å². The second-order valence-corrected chi connectivity index (χ2v) is 7.69. The molecule has 1 aliphatic rings. The minimum atomic E-state index is 0.0700. The van der Waals surface area contributed by atoms with Gasteiger partial charge >= 0.3 is 0 Å². The number of nitrogens with zero attached hydrogens (tertiary/aromatic N) is 2. The van der Waals surface area contributed by atoms with Gasteiger partial charge in [-0.05, 0) is 79.2 Å². The van der Waals surface area contributed by atoms with Crippen molar-refractivity contribution in [2.45, 2.75) is 26.4 Å². The van der Waals surface area contributed by atoms with Crippen LogP contribution >= 0.6 is 12.2 Å². The van der Waals surface area contributed by atoms with Gasteiger partial charge in [-0.15, -0.1) is 0 Å². The zero-order valence-corrected chi connectivity index (χ0v) is 17.3. The lowest BCUT2D eigenvalue weighted by molar-refractivity contribution is 0.293. The third kappa shape index (κ3) is 3.62. The number of hydrogen-bond acceptors (Lipinski definition) is 2. The quantitative estimate of drug-likeness (QED) is 0.642. The van der Waals surface area contributed by atoms with Crippen LogP contribution in [0.4, 0.5) is 5.69 Å². The number of methoxy groups -OCH3 is 1. The van der Waals surface area contributed by atoms with Crippen molar-refractivity contribution >= 4 is 23.0 Å². The fourth-order valence-electron chi connectivity index (χ4n) is 3.98. The highest BCUT2D eigenvalue weighted by Crippen LogP contribution is 2.33. The Hall–Kier alpha value is -2.79. The summed E-state index contributed by atoms with van der Waals surface area (Å²) in [6.45, 7) is 5.99. The smallest absolute Gasteiger partial charge is 0.174 e. The van der Waals surface area contributed by atoms with Crippen molar-refractivity contribution in [2.24, 2.45) is 0 Å². The van der Waals surface area contributed by atoms with E-state index in [0.717, 1.165) is 29.6 Å². The zero-order valence-electron chi connectivity index (χ0n) is 16.5. The average Bonchev–Trinajstić information content (AvgIpc) is 3.15. The normalized spacial score (nSPS) is 15.8. The van der Waals surface area contributed by atoms with E-state index in [2.05, 4.69) is 77.3 Å². The molecule has 0 aliphatic carbocycles. The van der Waals surface area contributed by atoms with Crippen molar-refractivity contribution in [1.29, 1.82) is 0 Å². The molecule has 144 valence electrons. The molecule has 4 nitrogen and oxygen atoms in total. The van der Waals surface area contributed by atoms with Crippen molar-refractivity contribution in [3.05, 3.63) is 83.2 Å². The van der Waals surface area contributed by atoms with E-state index < -0.39 is 0 Å². The molecule has 0 saturated heterocycles. The highest BCUT2D eigenvalue weighted by Gasteiger charge is 2.30. The maximum absolute atomic E-state index is 5.85. The lowest BCUT2D eigenvalue weighted by Gasteiger charge is -2.39. The Morgan fingerprint density at radius 3 is 2.43 bits per heavy atom. The van der Waals surface area contributed by atoms with Gasteiger partial charge in [0.1, 0.15) is 5.75 Å². The van der Waals surface area contributed by atoms with E-state index in [1.54, 1.807) is 7.11 Å². The molecule has 3 aromatic rings. The number of rotatable bonds is 3. The van der Waals surface area contributed by atoms with Gasteiger partial charge in [0.05, 0.1) is 13.2 Å². The zero-order chi connectivity index (χ0) is 19.7. The summed E-state index contributed by atoms with van der Waals surface area (Å²) in [4.78, 5) is 2.28. The molecule has 1 aliphatic heterocycles. The SMILES string of the molecule is COc1ccc(C2c3cccn3CCN2C(=S)Nc2cc(C)cc(C)c2)cc1. The number of benzene rings is 2. The molecule has 1 unspecified atom stereocenters. The van der Waals surface area contributed by atoms with E-state index in [0.29, 0.717) is 0 Å². The van der Waals surface area contributed by atoms with Crippen LogP contribution in [0, 0.1) is 13.8 Å². The number of nitrogens with one attached hydrogen (secondary N) is 1. The number of aryl methyl sites for hydroxylation is 2. The number of ether oxygens (including phenoxy) is 1. The number of aromatic nitrogens is 1. The minimum Gasteiger partial charge on any atom is -0.497 e. The first-order chi connectivity index (χ1) is 13.5. The van der Waals surface area contributed by atoms with Crippen molar-refractivity contribution in [2.75, 3.05) is 19.0 Å². The summed E-state index contributed by atoms with van der Waals surface area (Å²) in [5.74, 6) is 0.859. The van der Waals surface area contributed by atoms with E-state index in [1.165, 1.54) is 22.4 Å². The third-order valence-electron chi connectivity index (χ3n) is 5.20. The monoisotopic (exact) mass is 391 g/mol. The van der Waals surface area contributed by atoms with E-state index in [9.17, 15) is 0 Å². The Balaban J connectivity index is 1.66. The molecule has 5 heteroatoms. The first kappa shape index (κ1) is 18.6. The van der Waals surface area contributed by atoms with Gasteiger partial charge in [-0.25, -0.2) is 0 Å². The number of fused-ring (bicyclic) bond motifs is 1. The fraction of sp³-hybridized carbons (Fsp3) is 0.261. The molecule has 0 radical (unpaired) electrons.